The third-order valence-electron chi connectivity index (χ3n) is 6.28. The number of hydrogen-bond donors (Lipinski definition) is 2. The molecule has 3 aromatic carbocycles. The number of fused-ring (bicyclic) bond motifs is 4. The summed E-state index contributed by atoms with van der Waals surface area (Å²) >= 11 is 12.3. The number of nitrogens with one attached hydrogen (secondary N) is 1. The first-order valence-corrected chi connectivity index (χ1v) is 11.9. The van der Waals surface area contributed by atoms with Crippen LogP contribution in [0, 0.1) is 0 Å². The molecule has 180 valence electrons. The number of nitrogens with zero attached hydrogens (tertiary/aromatic N) is 2. The molecule has 3 N–H and O–H groups in total. The highest BCUT2D eigenvalue weighted by Crippen LogP contribution is 2.40. The number of carbonyl (C=O) groups is 2. The Balaban J connectivity index is 1.45. The van der Waals surface area contributed by atoms with E-state index in [1.165, 1.54) is 0 Å². The van der Waals surface area contributed by atoms with Gasteiger partial charge in [-0.05, 0) is 54.8 Å². The minimum atomic E-state index is -0.603. The standard InChI is InChI=1S/C26H18Cl2N4O4/c27-19-3-1-2-16(22(19)28)26(34)30-14-6-4-13-5-8-17-23(25(29)33)31-32(24(17)18(13)10-14)15-7-9-20-21(11-15)36-12-35-20/h1-4,6-7,9-11H,5,8,12H2,(H2,29,33)(H,30,34). The number of aromatic nitrogens is 2. The lowest BCUT2D eigenvalue weighted by Crippen LogP contribution is -2.16. The summed E-state index contributed by atoms with van der Waals surface area (Å²) in [6, 6.07) is 16.0. The van der Waals surface area contributed by atoms with Crippen LogP contribution in [0.4, 0.5) is 5.69 Å². The average Bonchev–Trinajstić information content (AvgIpc) is 3.50. The van der Waals surface area contributed by atoms with Gasteiger partial charge in [0.1, 0.15) is 0 Å². The van der Waals surface area contributed by atoms with Gasteiger partial charge in [-0.3, -0.25) is 9.59 Å². The maximum absolute atomic E-state index is 12.9. The molecule has 0 spiro atoms. The molecule has 0 saturated heterocycles. The second-order valence-corrected chi connectivity index (χ2v) is 9.20. The molecule has 0 unspecified atom stereocenters. The van der Waals surface area contributed by atoms with Crippen molar-refractivity contribution in [3.05, 3.63) is 87.0 Å². The lowest BCUT2D eigenvalue weighted by molar-refractivity contribution is 0.0992. The van der Waals surface area contributed by atoms with Crippen molar-refractivity contribution in [1.29, 1.82) is 0 Å². The monoisotopic (exact) mass is 520 g/mol. The lowest BCUT2D eigenvalue weighted by Gasteiger charge is -2.20. The zero-order chi connectivity index (χ0) is 25.0. The van der Waals surface area contributed by atoms with Gasteiger partial charge in [-0.2, -0.15) is 5.10 Å². The molecular formula is C26H18Cl2N4O4. The predicted molar refractivity (Wildman–Crippen MR) is 135 cm³/mol. The Hall–Kier alpha value is -4.01. The van der Waals surface area contributed by atoms with Crippen molar-refractivity contribution < 1.29 is 19.1 Å². The number of aryl methyl sites for hydroxylation is 1. The molecule has 8 nitrogen and oxygen atoms in total. The van der Waals surface area contributed by atoms with E-state index in [1.54, 1.807) is 35.0 Å². The van der Waals surface area contributed by atoms with Gasteiger partial charge in [0.2, 0.25) is 6.79 Å². The highest BCUT2D eigenvalue weighted by atomic mass is 35.5. The molecule has 2 amide bonds. The summed E-state index contributed by atoms with van der Waals surface area (Å²) in [4.78, 5) is 25.2. The number of anilines is 1. The molecular weight excluding hydrogens is 503 g/mol. The molecule has 6 rings (SSSR count). The van der Waals surface area contributed by atoms with Crippen molar-refractivity contribution in [2.45, 2.75) is 12.8 Å². The number of halogens is 2. The van der Waals surface area contributed by atoms with Gasteiger partial charge < -0.3 is 20.5 Å². The molecule has 0 fully saturated rings. The van der Waals surface area contributed by atoms with Gasteiger partial charge in [-0.25, -0.2) is 4.68 Å². The van der Waals surface area contributed by atoms with Crippen LogP contribution < -0.4 is 20.5 Å². The number of carbonyl (C=O) groups excluding carboxylic acids is 2. The number of rotatable bonds is 4. The van der Waals surface area contributed by atoms with Gasteiger partial charge in [-0.1, -0.05) is 35.3 Å². The Morgan fingerprint density at radius 1 is 1.00 bits per heavy atom. The molecule has 0 radical (unpaired) electrons. The van der Waals surface area contributed by atoms with E-state index in [9.17, 15) is 9.59 Å². The molecule has 2 aliphatic rings. The van der Waals surface area contributed by atoms with E-state index in [0.717, 1.165) is 22.4 Å². The van der Waals surface area contributed by atoms with Crippen LogP contribution in [0.3, 0.4) is 0 Å². The van der Waals surface area contributed by atoms with Crippen LogP contribution in [0.25, 0.3) is 16.9 Å². The molecule has 1 aliphatic carbocycles. The van der Waals surface area contributed by atoms with Crippen molar-refractivity contribution >= 4 is 40.7 Å². The van der Waals surface area contributed by atoms with Crippen molar-refractivity contribution in [2.75, 3.05) is 12.1 Å². The Kier molecular flexibility index (Phi) is 5.35. The quantitative estimate of drug-likeness (QED) is 0.392. The van der Waals surface area contributed by atoms with Gasteiger partial charge in [0.25, 0.3) is 11.8 Å². The van der Waals surface area contributed by atoms with Crippen LogP contribution in [0.15, 0.2) is 54.6 Å². The molecule has 0 saturated carbocycles. The van der Waals surface area contributed by atoms with Crippen LogP contribution in [0.1, 0.15) is 32.0 Å². The maximum atomic E-state index is 12.9. The maximum Gasteiger partial charge on any atom is 0.269 e. The van der Waals surface area contributed by atoms with E-state index in [2.05, 4.69) is 10.4 Å². The van der Waals surface area contributed by atoms with E-state index in [-0.39, 0.29) is 29.0 Å². The lowest BCUT2D eigenvalue weighted by atomic mass is 9.88. The van der Waals surface area contributed by atoms with Crippen LogP contribution in [0.2, 0.25) is 10.0 Å². The summed E-state index contributed by atoms with van der Waals surface area (Å²) in [5.41, 5.74) is 10.8. The topological polar surface area (TPSA) is 108 Å². The van der Waals surface area contributed by atoms with E-state index < -0.39 is 5.91 Å². The van der Waals surface area contributed by atoms with Gasteiger partial charge in [0, 0.05) is 22.9 Å². The molecule has 4 aromatic rings. The third-order valence-corrected chi connectivity index (χ3v) is 7.10. The van der Waals surface area contributed by atoms with Crippen LogP contribution in [-0.2, 0) is 12.8 Å². The van der Waals surface area contributed by atoms with Gasteiger partial charge in [0.15, 0.2) is 17.2 Å². The molecule has 2 heterocycles. The number of hydrogen-bond acceptors (Lipinski definition) is 5. The summed E-state index contributed by atoms with van der Waals surface area (Å²) in [6.07, 6.45) is 1.30. The minimum Gasteiger partial charge on any atom is -0.454 e. The zero-order valence-electron chi connectivity index (χ0n) is 18.7. The van der Waals surface area contributed by atoms with Crippen LogP contribution in [0.5, 0.6) is 11.5 Å². The second-order valence-electron chi connectivity index (χ2n) is 8.42. The first kappa shape index (κ1) is 22.5. The first-order chi connectivity index (χ1) is 17.4. The van der Waals surface area contributed by atoms with E-state index in [0.29, 0.717) is 40.7 Å². The Morgan fingerprint density at radius 2 is 1.83 bits per heavy atom. The molecule has 1 aromatic heterocycles. The zero-order valence-corrected chi connectivity index (χ0v) is 20.2. The SMILES string of the molecule is NC(=O)c1nn(-c2ccc3c(c2)OCO3)c2c1CCc1ccc(NC(=O)c3cccc(Cl)c3Cl)cc1-2. The summed E-state index contributed by atoms with van der Waals surface area (Å²) in [7, 11) is 0. The highest BCUT2D eigenvalue weighted by Gasteiger charge is 2.29. The summed E-state index contributed by atoms with van der Waals surface area (Å²) in [5, 5.41) is 7.94. The van der Waals surface area contributed by atoms with Crippen molar-refractivity contribution in [3.8, 4) is 28.4 Å². The van der Waals surface area contributed by atoms with Gasteiger partial charge >= 0.3 is 0 Å². The largest absolute Gasteiger partial charge is 0.454 e. The molecule has 36 heavy (non-hydrogen) atoms. The Morgan fingerprint density at radius 3 is 2.67 bits per heavy atom. The molecule has 0 bridgehead atoms. The third kappa shape index (κ3) is 3.66. The number of benzene rings is 3. The number of primary amides is 1. The summed E-state index contributed by atoms with van der Waals surface area (Å²) < 4.78 is 12.6. The normalized spacial score (nSPS) is 13.2. The van der Waals surface area contributed by atoms with E-state index in [4.69, 9.17) is 38.4 Å². The van der Waals surface area contributed by atoms with Crippen LogP contribution in [-0.4, -0.2) is 28.4 Å². The molecule has 0 atom stereocenters. The number of ether oxygens (including phenoxy) is 2. The van der Waals surface area contributed by atoms with Gasteiger partial charge in [0.05, 0.1) is 27.0 Å². The van der Waals surface area contributed by atoms with Crippen molar-refractivity contribution in [1.82, 2.24) is 9.78 Å². The van der Waals surface area contributed by atoms with Crippen molar-refractivity contribution in [3.63, 3.8) is 0 Å². The summed E-state index contributed by atoms with van der Waals surface area (Å²) in [5.74, 6) is 0.239. The Labute approximate surface area is 215 Å². The van der Waals surface area contributed by atoms with E-state index in [1.807, 2.05) is 24.3 Å². The smallest absolute Gasteiger partial charge is 0.269 e. The average molecular weight is 521 g/mol. The minimum absolute atomic E-state index is 0.144. The Bertz CT molecular complexity index is 1580. The molecule has 1 aliphatic heterocycles. The summed E-state index contributed by atoms with van der Waals surface area (Å²) in [6.45, 7) is 0.144. The van der Waals surface area contributed by atoms with Gasteiger partial charge in [-0.15, -0.1) is 0 Å². The highest BCUT2D eigenvalue weighted by molar-refractivity contribution is 6.44. The number of nitrogens with two attached hydrogens (primary N) is 1. The fourth-order valence-corrected chi connectivity index (χ4v) is 4.98. The van der Waals surface area contributed by atoms with E-state index >= 15 is 0 Å². The fourth-order valence-electron chi connectivity index (χ4n) is 4.60. The fraction of sp³-hybridized carbons (Fsp3) is 0.115. The second kappa shape index (κ2) is 8.58. The number of amides is 2. The van der Waals surface area contributed by atoms with Crippen molar-refractivity contribution in [2.24, 2.45) is 5.73 Å². The first-order valence-electron chi connectivity index (χ1n) is 11.1. The van der Waals surface area contributed by atoms with Crippen LogP contribution >= 0.6 is 23.2 Å². The predicted octanol–water partition coefficient (Wildman–Crippen LogP) is 5.02. The molecule has 10 heteroatoms.